The SMILES string of the molecule is CCNC(=O)NCc1ccc(C2O[C@H](CN3CCOCCOCCOCCOCCOCC3)[C@H](C)[C@H](c3ccc(CO)cc3)O2)cc1. The second-order valence-electron chi connectivity index (χ2n) is 11.6. The van der Waals surface area contributed by atoms with E-state index in [0.29, 0.717) is 98.8 Å². The van der Waals surface area contributed by atoms with Crippen molar-refractivity contribution in [2.75, 3.05) is 92.2 Å². The fourth-order valence-corrected chi connectivity index (χ4v) is 5.44. The van der Waals surface area contributed by atoms with Gasteiger partial charge in [0.15, 0.2) is 6.29 Å². The summed E-state index contributed by atoms with van der Waals surface area (Å²) in [5.74, 6) is 0.0330. The molecule has 2 heterocycles. The third-order valence-electron chi connectivity index (χ3n) is 8.20. The number of aliphatic hydroxyl groups is 1. The maximum Gasteiger partial charge on any atom is 0.315 e. The molecule has 262 valence electrons. The molecule has 2 aliphatic rings. The van der Waals surface area contributed by atoms with Crippen LogP contribution in [0.15, 0.2) is 48.5 Å². The Morgan fingerprint density at radius 1 is 0.723 bits per heavy atom. The molecular formula is C35H53N3O9. The first-order valence-corrected chi connectivity index (χ1v) is 16.8. The van der Waals surface area contributed by atoms with Crippen LogP contribution in [0.3, 0.4) is 0 Å². The van der Waals surface area contributed by atoms with Gasteiger partial charge in [-0.25, -0.2) is 4.79 Å². The second-order valence-corrected chi connectivity index (χ2v) is 11.6. The van der Waals surface area contributed by atoms with E-state index >= 15 is 0 Å². The summed E-state index contributed by atoms with van der Waals surface area (Å²) in [6, 6.07) is 15.7. The molecule has 0 aliphatic carbocycles. The fraction of sp³-hybridized carbons (Fsp3) is 0.629. The maximum absolute atomic E-state index is 11.8. The number of rotatable bonds is 8. The van der Waals surface area contributed by atoms with Gasteiger partial charge in [-0.2, -0.15) is 0 Å². The van der Waals surface area contributed by atoms with E-state index < -0.39 is 6.29 Å². The van der Waals surface area contributed by atoms with Crippen molar-refractivity contribution in [3.8, 4) is 0 Å². The normalized spacial score (nSPS) is 24.9. The molecule has 0 saturated carbocycles. The summed E-state index contributed by atoms with van der Waals surface area (Å²) >= 11 is 0. The minimum absolute atomic E-state index is 0.0111. The molecule has 12 heteroatoms. The topological polar surface area (TPSA) is 129 Å². The Morgan fingerprint density at radius 3 is 1.77 bits per heavy atom. The van der Waals surface area contributed by atoms with Crippen molar-refractivity contribution in [2.24, 2.45) is 5.92 Å². The molecule has 2 aromatic carbocycles. The van der Waals surface area contributed by atoms with Crippen LogP contribution in [-0.4, -0.2) is 114 Å². The van der Waals surface area contributed by atoms with Gasteiger partial charge in [-0.1, -0.05) is 55.5 Å². The van der Waals surface area contributed by atoms with E-state index in [9.17, 15) is 9.90 Å². The van der Waals surface area contributed by atoms with Gasteiger partial charge in [0, 0.05) is 44.2 Å². The number of urea groups is 1. The molecule has 0 bridgehead atoms. The summed E-state index contributed by atoms with van der Waals surface area (Å²) in [6.45, 7) is 12.4. The van der Waals surface area contributed by atoms with E-state index in [2.05, 4.69) is 22.5 Å². The summed E-state index contributed by atoms with van der Waals surface area (Å²) in [7, 11) is 0. The van der Waals surface area contributed by atoms with Crippen LogP contribution in [0.4, 0.5) is 4.79 Å². The molecule has 1 unspecified atom stereocenters. The van der Waals surface area contributed by atoms with Gasteiger partial charge in [0.25, 0.3) is 0 Å². The fourth-order valence-electron chi connectivity index (χ4n) is 5.44. The van der Waals surface area contributed by atoms with Gasteiger partial charge in [-0.05, 0) is 23.6 Å². The predicted octanol–water partition coefficient (Wildman–Crippen LogP) is 3.19. The van der Waals surface area contributed by atoms with Gasteiger partial charge >= 0.3 is 6.03 Å². The molecule has 4 rings (SSSR count). The molecule has 3 N–H and O–H groups in total. The highest BCUT2D eigenvalue weighted by atomic mass is 16.7. The zero-order chi connectivity index (χ0) is 33.1. The average molecular weight is 660 g/mol. The van der Waals surface area contributed by atoms with E-state index in [1.165, 1.54) is 0 Å². The maximum atomic E-state index is 11.8. The van der Waals surface area contributed by atoms with Crippen molar-refractivity contribution in [3.05, 3.63) is 70.8 Å². The van der Waals surface area contributed by atoms with Gasteiger partial charge in [-0.3, -0.25) is 4.90 Å². The molecule has 2 aromatic rings. The lowest BCUT2D eigenvalue weighted by molar-refractivity contribution is -0.276. The van der Waals surface area contributed by atoms with Crippen LogP contribution >= 0.6 is 0 Å². The summed E-state index contributed by atoms with van der Waals surface area (Å²) < 4.78 is 41.9. The summed E-state index contributed by atoms with van der Waals surface area (Å²) in [5.41, 5.74) is 3.76. The Morgan fingerprint density at radius 2 is 1.23 bits per heavy atom. The van der Waals surface area contributed by atoms with E-state index in [4.69, 9.17) is 33.2 Å². The zero-order valence-corrected chi connectivity index (χ0v) is 27.9. The van der Waals surface area contributed by atoms with Crippen molar-refractivity contribution in [1.82, 2.24) is 15.5 Å². The number of benzene rings is 2. The van der Waals surface area contributed by atoms with Crippen molar-refractivity contribution < 1.29 is 43.1 Å². The lowest BCUT2D eigenvalue weighted by Crippen LogP contribution is -2.46. The number of amides is 2. The molecule has 2 amide bonds. The smallest absolute Gasteiger partial charge is 0.315 e. The summed E-state index contributed by atoms with van der Waals surface area (Å²) in [4.78, 5) is 14.2. The van der Waals surface area contributed by atoms with Crippen LogP contribution in [-0.2, 0) is 46.3 Å². The number of hydrogen-bond donors (Lipinski definition) is 3. The number of hydrogen-bond acceptors (Lipinski definition) is 10. The molecule has 2 saturated heterocycles. The zero-order valence-electron chi connectivity index (χ0n) is 27.9. The number of nitrogens with zero attached hydrogens (tertiary/aromatic N) is 1. The standard InChI is InChI=1S/C35H53N3O9/c1-3-36-35(40)37-24-28-4-10-31(11-5-28)34-46-32(27(2)33(47-34)30-8-6-29(26-39)7-9-30)25-38-12-14-41-16-18-43-20-22-45-23-21-44-19-17-42-15-13-38/h4-11,27,32-34,39H,3,12-26H2,1-2H3,(H2,36,37,40)/t27-,32+,33+,34?/m0/s1. The van der Waals surface area contributed by atoms with Crippen LogP contribution in [0.5, 0.6) is 0 Å². The van der Waals surface area contributed by atoms with Crippen LogP contribution in [0.25, 0.3) is 0 Å². The van der Waals surface area contributed by atoms with E-state index in [0.717, 1.165) is 22.3 Å². The molecule has 12 nitrogen and oxygen atoms in total. The Kier molecular flexibility index (Phi) is 16.9. The number of carbonyl (C=O) groups excluding carboxylic acids is 1. The first kappa shape index (κ1) is 37.2. The first-order valence-electron chi connectivity index (χ1n) is 16.8. The van der Waals surface area contributed by atoms with Gasteiger partial charge in [-0.15, -0.1) is 0 Å². The highest BCUT2D eigenvalue weighted by Crippen LogP contribution is 2.41. The van der Waals surface area contributed by atoms with Gasteiger partial charge < -0.3 is 48.9 Å². The molecule has 2 aliphatic heterocycles. The minimum atomic E-state index is -0.588. The van der Waals surface area contributed by atoms with Crippen molar-refractivity contribution in [1.29, 1.82) is 0 Å². The van der Waals surface area contributed by atoms with Gasteiger partial charge in [0.2, 0.25) is 0 Å². The molecular weight excluding hydrogens is 606 g/mol. The Hall–Kier alpha value is -2.65. The second kappa shape index (κ2) is 21.3. The quantitative estimate of drug-likeness (QED) is 0.389. The lowest BCUT2D eigenvalue weighted by atomic mass is 9.90. The Labute approximate surface area is 278 Å². The van der Waals surface area contributed by atoms with E-state index in [-0.39, 0.29) is 30.8 Å². The van der Waals surface area contributed by atoms with Crippen LogP contribution in [0, 0.1) is 5.92 Å². The third kappa shape index (κ3) is 13.1. The number of carbonyl (C=O) groups is 1. The van der Waals surface area contributed by atoms with Crippen molar-refractivity contribution in [2.45, 2.75) is 45.5 Å². The molecule has 0 spiro atoms. The molecule has 0 radical (unpaired) electrons. The predicted molar refractivity (Wildman–Crippen MR) is 176 cm³/mol. The van der Waals surface area contributed by atoms with Gasteiger partial charge in [0.1, 0.15) is 0 Å². The average Bonchev–Trinajstić information content (AvgIpc) is 3.09. The molecule has 47 heavy (non-hydrogen) atoms. The summed E-state index contributed by atoms with van der Waals surface area (Å²) in [6.07, 6.45) is -0.966. The Balaban J connectivity index is 1.45. The van der Waals surface area contributed by atoms with E-state index in [1.807, 2.05) is 55.5 Å². The van der Waals surface area contributed by atoms with Crippen molar-refractivity contribution >= 4 is 6.03 Å². The number of ether oxygens (including phenoxy) is 7. The number of aliphatic hydroxyl groups excluding tert-OH is 1. The van der Waals surface area contributed by atoms with Gasteiger partial charge in [0.05, 0.1) is 84.9 Å². The summed E-state index contributed by atoms with van der Waals surface area (Å²) in [5, 5.41) is 15.2. The molecule has 4 atom stereocenters. The van der Waals surface area contributed by atoms with Crippen molar-refractivity contribution in [3.63, 3.8) is 0 Å². The minimum Gasteiger partial charge on any atom is -0.392 e. The largest absolute Gasteiger partial charge is 0.392 e. The van der Waals surface area contributed by atoms with Crippen LogP contribution in [0.2, 0.25) is 0 Å². The highest BCUT2D eigenvalue weighted by Gasteiger charge is 2.39. The van der Waals surface area contributed by atoms with Crippen LogP contribution in [0.1, 0.15) is 48.5 Å². The monoisotopic (exact) mass is 659 g/mol. The molecule has 0 aromatic heterocycles. The highest BCUT2D eigenvalue weighted by molar-refractivity contribution is 5.73. The Bertz CT molecular complexity index is 1120. The lowest BCUT2D eigenvalue weighted by Gasteiger charge is -2.43. The third-order valence-corrected chi connectivity index (χ3v) is 8.20. The number of nitrogens with one attached hydrogen (secondary N) is 2. The molecule has 2 fully saturated rings. The van der Waals surface area contributed by atoms with E-state index in [1.54, 1.807) is 0 Å². The van der Waals surface area contributed by atoms with Crippen LogP contribution < -0.4 is 10.6 Å². The first-order chi connectivity index (χ1) is 23.1.